The van der Waals surface area contributed by atoms with Crippen molar-refractivity contribution in [2.75, 3.05) is 26.5 Å². The van der Waals surface area contributed by atoms with Crippen LogP contribution in [0.5, 0.6) is 0 Å². The van der Waals surface area contributed by atoms with Crippen LogP contribution in [0.25, 0.3) is 11.0 Å². The number of aromatic nitrogens is 2. The summed E-state index contributed by atoms with van der Waals surface area (Å²) in [4.78, 5) is 19.3. The third-order valence-electron chi connectivity index (χ3n) is 5.03. The van der Waals surface area contributed by atoms with Crippen LogP contribution in [-0.4, -0.2) is 52.9 Å². The maximum absolute atomic E-state index is 12.6. The number of hydrogen-bond acceptors (Lipinski definition) is 4. The number of fused-ring (bicyclic) bond motifs is 1. The molecular weight excluding hydrogens is 370 g/mol. The Bertz CT molecular complexity index is 759. The number of benzene rings is 1. The molecule has 0 spiro atoms. The monoisotopic (exact) mass is 395 g/mol. The Balaban J connectivity index is 1.71. The van der Waals surface area contributed by atoms with Crippen molar-refractivity contribution in [3.8, 4) is 0 Å². The molecule has 1 aliphatic carbocycles. The van der Waals surface area contributed by atoms with E-state index in [2.05, 4.69) is 9.55 Å². The summed E-state index contributed by atoms with van der Waals surface area (Å²) < 4.78 is 7.33. The molecule has 0 atom stereocenters. The van der Waals surface area contributed by atoms with Crippen LogP contribution in [0.4, 0.5) is 0 Å². The van der Waals surface area contributed by atoms with E-state index in [1.54, 1.807) is 7.11 Å². The van der Waals surface area contributed by atoms with Crippen LogP contribution in [0.3, 0.4) is 0 Å². The lowest BCUT2D eigenvalue weighted by Crippen LogP contribution is -2.39. The number of amides is 1. The van der Waals surface area contributed by atoms with Crippen LogP contribution in [0.1, 0.15) is 32.1 Å². The highest BCUT2D eigenvalue weighted by atomic mass is 35.5. The van der Waals surface area contributed by atoms with Crippen molar-refractivity contribution in [1.82, 2.24) is 14.5 Å². The molecule has 1 fully saturated rings. The van der Waals surface area contributed by atoms with Gasteiger partial charge in [0.15, 0.2) is 5.16 Å². The van der Waals surface area contributed by atoms with Gasteiger partial charge in [0, 0.05) is 31.8 Å². The van der Waals surface area contributed by atoms with Gasteiger partial charge in [0.05, 0.1) is 23.4 Å². The van der Waals surface area contributed by atoms with E-state index in [0.29, 0.717) is 30.0 Å². The minimum absolute atomic E-state index is 0.172. The lowest BCUT2D eigenvalue weighted by molar-refractivity contribution is -0.129. The van der Waals surface area contributed by atoms with E-state index in [1.807, 2.05) is 30.1 Å². The molecule has 0 bridgehead atoms. The predicted molar refractivity (Wildman–Crippen MR) is 107 cm³/mol. The number of nitrogens with zero attached hydrogens (tertiary/aromatic N) is 3. The van der Waals surface area contributed by atoms with Crippen molar-refractivity contribution in [1.29, 1.82) is 0 Å². The van der Waals surface area contributed by atoms with Gasteiger partial charge in [-0.05, 0) is 31.0 Å². The molecule has 2 aromatic rings. The Morgan fingerprint density at radius 2 is 2.15 bits per heavy atom. The van der Waals surface area contributed by atoms with Gasteiger partial charge in [-0.25, -0.2) is 4.98 Å². The predicted octanol–water partition coefficient (Wildman–Crippen LogP) is 4.22. The summed E-state index contributed by atoms with van der Waals surface area (Å²) in [7, 11) is 3.62. The number of carbonyl (C=O) groups is 1. The number of imidazole rings is 1. The summed E-state index contributed by atoms with van der Waals surface area (Å²) >= 11 is 7.59. The van der Waals surface area contributed by atoms with Crippen LogP contribution < -0.4 is 0 Å². The molecule has 7 heteroatoms. The molecule has 1 amide bonds. The first-order chi connectivity index (χ1) is 12.6. The van der Waals surface area contributed by atoms with Crippen molar-refractivity contribution >= 4 is 40.3 Å². The lowest BCUT2D eigenvalue weighted by atomic mass is 9.94. The van der Waals surface area contributed by atoms with Gasteiger partial charge in [-0.3, -0.25) is 4.79 Å². The first-order valence-corrected chi connectivity index (χ1v) is 10.5. The van der Waals surface area contributed by atoms with E-state index >= 15 is 0 Å². The minimum atomic E-state index is 0.172. The smallest absolute Gasteiger partial charge is 0.233 e. The number of thioether (sulfide) groups is 1. The van der Waals surface area contributed by atoms with Gasteiger partial charge in [0.25, 0.3) is 0 Å². The van der Waals surface area contributed by atoms with Gasteiger partial charge in [0.1, 0.15) is 0 Å². The Labute approximate surface area is 164 Å². The first kappa shape index (κ1) is 19.5. The van der Waals surface area contributed by atoms with Gasteiger partial charge in [-0.15, -0.1) is 0 Å². The van der Waals surface area contributed by atoms with Crippen LogP contribution in [0.2, 0.25) is 5.02 Å². The number of halogens is 1. The van der Waals surface area contributed by atoms with Crippen LogP contribution in [0.15, 0.2) is 23.4 Å². The summed E-state index contributed by atoms with van der Waals surface area (Å²) in [5.74, 6) is 0.571. The summed E-state index contributed by atoms with van der Waals surface area (Å²) in [6.07, 6.45) is 5.99. The van der Waals surface area contributed by atoms with Crippen molar-refractivity contribution in [3.05, 3.63) is 23.2 Å². The molecule has 1 aromatic carbocycles. The molecule has 0 radical (unpaired) electrons. The average molecular weight is 396 g/mol. The summed E-state index contributed by atoms with van der Waals surface area (Å²) in [6.45, 7) is 1.29. The number of hydrogen-bond donors (Lipinski definition) is 0. The van der Waals surface area contributed by atoms with E-state index in [0.717, 1.165) is 29.0 Å². The van der Waals surface area contributed by atoms with E-state index in [9.17, 15) is 4.79 Å². The van der Waals surface area contributed by atoms with Gasteiger partial charge in [0.2, 0.25) is 5.91 Å². The molecule has 0 unspecified atom stereocenters. The SMILES string of the molecule is COCCn1c(SCC(=O)N(C)C2CCCCC2)nc2cc(Cl)ccc21. The average Bonchev–Trinajstić information content (AvgIpc) is 3.00. The van der Waals surface area contributed by atoms with Crippen molar-refractivity contribution in [2.45, 2.75) is 49.8 Å². The molecule has 142 valence electrons. The second-order valence-corrected chi connectivity index (χ2v) is 8.14. The maximum atomic E-state index is 12.6. The van der Waals surface area contributed by atoms with Crippen molar-refractivity contribution in [3.63, 3.8) is 0 Å². The van der Waals surface area contributed by atoms with Gasteiger partial charge in [-0.1, -0.05) is 42.6 Å². The van der Waals surface area contributed by atoms with Crippen molar-refractivity contribution < 1.29 is 9.53 Å². The fourth-order valence-electron chi connectivity index (χ4n) is 3.49. The van der Waals surface area contributed by atoms with Crippen LogP contribution in [0, 0.1) is 0 Å². The Kier molecular flexibility index (Phi) is 6.84. The first-order valence-electron chi connectivity index (χ1n) is 9.13. The Morgan fingerprint density at radius 3 is 2.88 bits per heavy atom. The summed E-state index contributed by atoms with van der Waals surface area (Å²) in [6, 6.07) is 6.09. The van der Waals surface area contributed by atoms with E-state index < -0.39 is 0 Å². The highest BCUT2D eigenvalue weighted by Gasteiger charge is 2.22. The fraction of sp³-hybridized carbons (Fsp3) is 0.579. The highest BCUT2D eigenvalue weighted by molar-refractivity contribution is 7.99. The molecule has 1 aromatic heterocycles. The second kappa shape index (κ2) is 9.11. The standard InChI is InChI=1S/C19H26ClN3O2S/c1-22(15-6-4-3-5-7-15)18(24)13-26-19-21-16-12-14(20)8-9-17(16)23(19)10-11-25-2/h8-9,12,15H,3-7,10-11,13H2,1-2H3. The fourth-order valence-corrected chi connectivity index (χ4v) is 4.62. The number of carbonyl (C=O) groups excluding carboxylic acids is 1. The normalized spacial score (nSPS) is 15.5. The lowest BCUT2D eigenvalue weighted by Gasteiger charge is -2.31. The van der Waals surface area contributed by atoms with Gasteiger partial charge < -0.3 is 14.2 Å². The topological polar surface area (TPSA) is 47.4 Å². The Morgan fingerprint density at radius 1 is 1.38 bits per heavy atom. The third kappa shape index (κ3) is 4.53. The molecule has 0 aliphatic heterocycles. The van der Waals surface area contributed by atoms with Crippen LogP contribution in [-0.2, 0) is 16.1 Å². The zero-order valence-electron chi connectivity index (χ0n) is 15.4. The summed E-state index contributed by atoms with van der Waals surface area (Å²) in [5.41, 5.74) is 1.87. The van der Waals surface area contributed by atoms with E-state index in [4.69, 9.17) is 16.3 Å². The number of rotatable bonds is 7. The zero-order valence-corrected chi connectivity index (χ0v) is 17.0. The Hall–Kier alpha value is -1.24. The molecule has 5 nitrogen and oxygen atoms in total. The van der Waals surface area contributed by atoms with Gasteiger partial charge in [-0.2, -0.15) is 0 Å². The molecule has 1 saturated carbocycles. The minimum Gasteiger partial charge on any atom is -0.383 e. The molecule has 0 saturated heterocycles. The van der Waals surface area contributed by atoms with E-state index in [-0.39, 0.29) is 5.91 Å². The molecule has 3 rings (SSSR count). The molecule has 26 heavy (non-hydrogen) atoms. The van der Waals surface area contributed by atoms with Crippen LogP contribution >= 0.6 is 23.4 Å². The van der Waals surface area contributed by atoms with E-state index in [1.165, 1.54) is 31.0 Å². The molecular formula is C19H26ClN3O2S. The van der Waals surface area contributed by atoms with Gasteiger partial charge >= 0.3 is 0 Å². The summed E-state index contributed by atoms with van der Waals surface area (Å²) in [5, 5.41) is 1.50. The zero-order chi connectivity index (χ0) is 18.5. The largest absolute Gasteiger partial charge is 0.383 e. The highest BCUT2D eigenvalue weighted by Crippen LogP contribution is 2.27. The quantitative estimate of drug-likeness (QED) is 0.658. The van der Waals surface area contributed by atoms with Crippen molar-refractivity contribution in [2.24, 2.45) is 0 Å². The molecule has 1 heterocycles. The molecule has 1 aliphatic rings. The maximum Gasteiger partial charge on any atom is 0.233 e. The molecule has 0 N–H and O–H groups in total. The number of ether oxygens (including phenoxy) is 1. The third-order valence-corrected chi connectivity index (χ3v) is 6.23. The second-order valence-electron chi connectivity index (χ2n) is 6.76. The number of methoxy groups -OCH3 is 1.